The zero-order chi connectivity index (χ0) is 15.1. The standard InChI is InChI=1S/C16H13N3OS2/c1-9-17-14-12(21-9)7-8-13-15(14)19-16(22-13)18-10-5-3-4-6-11(10)20-2/h3-8H,1-2H3,(H,18,19). The molecule has 0 radical (unpaired) electrons. The Bertz CT molecular complexity index is 974. The van der Waals surface area contributed by atoms with Gasteiger partial charge in [0.25, 0.3) is 0 Å². The Morgan fingerprint density at radius 3 is 2.50 bits per heavy atom. The maximum atomic E-state index is 5.37. The van der Waals surface area contributed by atoms with Crippen LogP contribution in [0.2, 0.25) is 0 Å². The summed E-state index contributed by atoms with van der Waals surface area (Å²) in [4.78, 5) is 9.33. The third kappa shape index (κ3) is 2.20. The highest BCUT2D eigenvalue weighted by Gasteiger charge is 2.12. The number of thiazole rings is 2. The van der Waals surface area contributed by atoms with E-state index in [4.69, 9.17) is 9.72 Å². The number of hydrogen-bond donors (Lipinski definition) is 1. The van der Waals surface area contributed by atoms with Gasteiger partial charge in [0.1, 0.15) is 16.8 Å². The van der Waals surface area contributed by atoms with Crippen LogP contribution in [0.5, 0.6) is 5.75 Å². The molecular weight excluding hydrogens is 314 g/mol. The molecule has 0 amide bonds. The van der Waals surface area contributed by atoms with Crippen LogP contribution in [-0.4, -0.2) is 17.1 Å². The highest BCUT2D eigenvalue weighted by atomic mass is 32.1. The fraction of sp³-hybridized carbons (Fsp3) is 0.125. The number of rotatable bonds is 3. The van der Waals surface area contributed by atoms with Gasteiger partial charge < -0.3 is 10.1 Å². The number of benzene rings is 2. The van der Waals surface area contributed by atoms with Gasteiger partial charge >= 0.3 is 0 Å². The van der Waals surface area contributed by atoms with Gasteiger partial charge in [0.2, 0.25) is 0 Å². The first-order chi connectivity index (χ1) is 10.7. The molecule has 0 bridgehead atoms. The average molecular weight is 327 g/mol. The minimum Gasteiger partial charge on any atom is -0.495 e. The van der Waals surface area contributed by atoms with Crippen LogP contribution in [0.1, 0.15) is 5.01 Å². The van der Waals surface area contributed by atoms with Gasteiger partial charge in [-0.15, -0.1) is 11.3 Å². The van der Waals surface area contributed by atoms with Gasteiger partial charge in [-0.2, -0.15) is 0 Å². The highest BCUT2D eigenvalue weighted by molar-refractivity contribution is 7.23. The maximum absolute atomic E-state index is 5.37. The molecule has 4 aromatic rings. The molecule has 0 spiro atoms. The minimum atomic E-state index is 0.802. The molecule has 4 rings (SSSR count). The van der Waals surface area contributed by atoms with E-state index >= 15 is 0 Å². The van der Waals surface area contributed by atoms with Gasteiger partial charge in [-0.1, -0.05) is 23.5 Å². The van der Waals surface area contributed by atoms with Crippen molar-refractivity contribution in [3.05, 3.63) is 41.4 Å². The van der Waals surface area contributed by atoms with Gasteiger partial charge in [0.05, 0.1) is 27.2 Å². The van der Waals surface area contributed by atoms with Gasteiger partial charge in [0.15, 0.2) is 5.13 Å². The van der Waals surface area contributed by atoms with E-state index in [1.165, 1.54) is 4.70 Å². The van der Waals surface area contributed by atoms with Crippen LogP contribution in [0.25, 0.3) is 20.4 Å². The zero-order valence-electron chi connectivity index (χ0n) is 12.1. The first-order valence-electron chi connectivity index (χ1n) is 6.81. The van der Waals surface area contributed by atoms with E-state index in [0.717, 1.165) is 37.3 Å². The van der Waals surface area contributed by atoms with E-state index in [1.807, 2.05) is 31.2 Å². The predicted molar refractivity (Wildman–Crippen MR) is 93.8 cm³/mol. The molecule has 2 aromatic heterocycles. The van der Waals surface area contributed by atoms with Gasteiger partial charge in [-0.25, -0.2) is 9.97 Å². The predicted octanol–water partition coefficient (Wildman–Crippen LogP) is 4.97. The topological polar surface area (TPSA) is 47.0 Å². The van der Waals surface area contributed by atoms with Crippen molar-refractivity contribution in [1.29, 1.82) is 0 Å². The first-order valence-corrected chi connectivity index (χ1v) is 8.44. The third-order valence-electron chi connectivity index (χ3n) is 3.37. The van der Waals surface area contributed by atoms with E-state index < -0.39 is 0 Å². The smallest absolute Gasteiger partial charge is 0.188 e. The largest absolute Gasteiger partial charge is 0.495 e. The molecule has 110 valence electrons. The quantitative estimate of drug-likeness (QED) is 0.577. The summed E-state index contributed by atoms with van der Waals surface area (Å²) in [7, 11) is 1.67. The van der Waals surface area contributed by atoms with E-state index in [9.17, 15) is 0 Å². The number of methoxy groups -OCH3 is 1. The Kier molecular flexibility index (Phi) is 3.20. The fourth-order valence-corrected chi connectivity index (χ4v) is 4.12. The molecule has 0 aliphatic rings. The highest BCUT2D eigenvalue weighted by Crippen LogP contribution is 2.36. The normalized spacial score (nSPS) is 11.2. The lowest BCUT2D eigenvalue weighted by Gasteiger charge is -2.07. The third-order valence-corrected chi connectivity index (χ3v) is 5.24. The summed E-state index contributed by atoms with van der Waals surface area (Å²) in [5.74, 6) is 0.802. The number of nitrogens with zero attached hydrogens (tertiary/aromatic N) is 2. The lowest BCUT2D eigenvalue weighted by molar-refractivity contribution is 0.417. The molecule has 0 aliphatic heterocycles. The first kappa shape index (κ1) is 13.5. The van der Waals surface area contributed by atoms with Crippen molar-refractivity contribution in [2.24, 2.45) is 0 Å². The SMILES string of the molecule is COc1ccccc1Nc1nc2c(ccc3sc(C)nc32)s1. The van der Waals surface area contributed by atoms with Crippen molar-refractivity contribution < 1.29 is 4.74 Å². The van der Waals surface area contributed by atoms with Crippen molar-refractivity contribution in [1.82, 2.24) is 9.97 Å². The van der Waals surface area contributed by atoms with Crippen LogP contribution in [0.3, 0.4) is 0 Å². The molecule has 1 N–H and O–H groups in total. The number of aryl methyl sites for hydroxylation is 1. The zero-order valence-corrected chi connectivity index (χ0v) is 13.7. The van der Waals surface area contributed by atoms with Crippen molar-refractivity contribution in [2.75, 3.05) is 12.4 Å². The molecule has 2 aromatic carbocycles. The van der Waals surface area contributed by atoms with Gasteiger partial charge in [0, 0.05) is 0 Å². The van der Waals surface area contributed by atoms with Crippen LogP contribution < -0.4 is 10.1 Å². The Morgan fingerprint density at radius 2 is 1.68 bits per heavy atom. The summed E-state index contributed by atoms with van der Waals surface area (Å²) in [6.07, 6.45) is 0. The second-order valence-corrected chi connectivity index (χ2v) is 7.10. The molecule has 6 heteroatoms. The monoisotopic (exact) mass is 327 g/mol. The number of aromatic nitrogens is 2. The summed E-state index contributed by atoms with van der Waals surface area (Å²) in [6.45, 7) is 2.02. The molecule has 4 nitrogen and oxygen atoms in total. The molecule has 22 heavy (non-hydrogen) atoms. The molecule has 2 heterocycles. The lowest BCUT2D eigenvalue weighted by Crippen LogP contribution is -1.93. The van der Waals surface area contributed by atoms with Crippen molar-refractivity contribution >= 4 is 53.9 Å². The number of ether oxygens (including phenoxy) is 1. The summed E-state index contributed by atoms with van der Waals surface area (Å²) in [5, 5.41) is 5.25. The summed E-state index contributed by atoms with van der Waals surface area (Å²) in [6, 6.07) is 12.1. The number of nitrogens with one attached hydrogen (secondary N) is 1. The van der Waals surface area contributed by atoms with E-state index in [1.54, 1.807) is 29.8 Å². The van der Waals surface area contributed by atoms with E-state index in [-0.39, 0.29) is 0 Å². The number of fused-ring (bicyclic) bond motifs is 3. The number of hydrogen-bond acceptors (Lipinski definition) is 6. The van der Waals surface area contributed by atoms with Crippen molar-refractivity contribution in [3.63, 3.8) is 0 Å². The summed E-state index contributed by atoms with van der Waals surface area (Å²) < 4.78 is 7.68. The molecule has 0 saturated heterocycles. The second-order valence-electron chi connectivity index (χ2n) is 4.84. The second kappa shape index (κ2) is 5.23. The molecule has 0 aliphatic carbocycles. The lowest BCUT2D eigenvalue weighted by atomic mass is 10.3. The van der Waals surface area contributed by atoms with E-state index in [2.05, 4.69) is 22.4 Å². The van der Waals surface area contributed by atoms with Crippen molar-refractivity contribution in [2.45, 2.75) is 6.92 Å². The van der Waals surface area contributed by atoms with E-state index in [0.29, 0.717) is 0 Å². The molecule has 0 unspecified atom stereocenters. The van der Waals surface area contributed by atoms with Crippen LogP contribution in [0, 0.1) is 6.92 Å². The Labute approximate surface area is 135 Å². The molecule has 0 atom stereocenters. The van der Waals surface area contributed by atoms with Gasteiger partial charge in [-0.3, -0.25) is 0 Å². The Balaban J connectivity index is 1.81. The maximum Gasteiger partial charge on any atom is 0.188 e. The summed E-state index contributed by atoms with van der Waals surface area (Å²) in [5.41, 5.74) is 2.86. The minimum absolute atomic E-state index is 0.802. The Hall–Kier alpha value is -2.18. The van der Waals surface area contributed by atoms with Crippen LogP contribution in [-0.2, 0) is 0 Å². The number of anilines is 2. The molecule has 0 saturated carbocycles. The molecule has 0 fully saturated rings. The summed E-state index contributed by atoms with van der Waals surface area (Å²) >= 11 is 3.32. The van der Waals surface area contributed by atoms with Crippen molar-refractivity contribution in [3.8, 4) is 5.75 Å². The average Bonchev–Trinajstić information content (AvgIpc) is 3.09. The molecular formula is C16H13N3OS2. The Morgan fingerprint density at radius 1 is 0.955 bits per heavy atom. The fourth-order valence-electron chi connectivity index (χ4n) is 2.41. The van der Waals surface area contributed by atoms with Gasteiger partial charge in [-0.05, 0) is 31.2 Å². The number of para-hydroxylation sites is 2. The van der Waals surface area contributed by atoms with Crippen LogP contribution in [0.4, 0.5) is 10.8 Å². The van der Waals surface area contributed by atoms with Crippen LogP contribution >= 0.6 is 22.7 Å². The van der Waals surface area contributed by atoms with Crippen LogP contribution in [0.15, 0.2) is 36.4 Å².